The lowest BCUT2D eigenvalue weighted by molar-refractivity contribution is 0.484. The molecule has 0 aliphatic heterocycles. The molecule has 0 fully saturated rings. The normalized spacial score (nSPS) is 24.9. The Morgan fingerprint density at radius 3 is 3.11 bits per heavy atom. The summed E-state index contributed by atoms with van der Waals surface area (Å²) in [5.41, 5.74) is 2.86. The Morgan fingerprint density at radius 2 is 2.11 bits per heavy atom. The highest BCUT2D eigenvalue weighted by atomic mass is 14.9. The molecule has 2 atom stereocenters. The fraction of sp³-hybridized carbons (Fsp3) is 0.294. The first-order valence-corrected chi connectivity index (χ1v) is 6.57. The van der Waals surface area contributed by atoms with Gasteiger partial charge in [0.15, 0.2) is 0 Å². The van der Waals surface area contributed by atoms with Gasteiger partial charge >= 0.3 is 0 Å². The van der Waals surface area contributed by atoms with Gasteiger partial charge in [-0.2, -0.15) is 0 Å². The second kappa shape index (κ2) is 5.25. The minimum atomic E-state index is 0.341. The minimum absolute atomic E-state index is 0.341. The van der Waals surface area contributed by atoms with E-state index in [1.807, 2.05) is 6.08 Å². The van der Waals surface area contributed by atoms with Crippen molar-refractivity contribution in [3.05, 3.63) is 59.7 Å². The molecule has 0 spiro atoms. The summed E-state index contributed by atoms with van der Waals surface area (Å²) < 4.78 is 0. The fourth-order valence-electron chi connectivity index (χ4n) is 2.60. The Balaban J connectivity index is 1.77. The third kappa shape index (κ3) is 2.39. The maximum absolute atomic E-state index is 3.71. The molecule has 1 heteroatoms. The van der Waals surface area contributed by atoms with Crippen LogP contribution in [-0.2, 0) is 6.42 Å². The molecule has 1 nitrogen and oxygen atoms in total. The maximum Gasteiger partial charge on any atom is 0.0511 e. The van der Waals surface area contributed by atoms with E-state index < -0.39 is 0 Å². The molecule has 2 aliphatic carbocycles. The number of rotatable bonds is 2. The lowest BCUT2D eigenvalue weighted by Crippen LogP contribution is -2.32. The Labute approximate surface area is 109 Å². The van der Waals surface area contributed by atoms with Gasteiger partial charge in [-0.25, -0.2) is 0 Å². The van der Waals surface area contributed by atoms with Crippen LogP contribution in [0.4, 0.5) is 0 Å². The Kier molecular flexibility index (Phi) is 3.30. The van der Waals surface area contributed by atoms with E-state index in [2.05, 4.69) is 59.7 Å². The van der Waals surface area contributed by atoms with Crippen molar-refractivity contribution in [2.24, 2.45) is 0 Å². The van der Waals surface area contributed by atoms with Crippen molar-refractivity contribution in [3.63, 3.8) is 0 Å². The van der Waals surface area contributed by atoms with E-state index in [0.717, 1.165) is 19.3 Å². The third-order valence-corrected chi connectivity index (χ3v) is 3.54. The SMILES string of the molecule is C1#CCC(NC2C=CCc3ccccc32)CC=C1. The van der Waals surface area contributed by atoms with Crippen molar-refractivity contribution in [2.45, 2.75) is 31.3 Å². The van der Waals surface area contributed by atoms with Gasteiger partial charge in [-0.3, -0.25) is 0 Å². The van der Waals surface area contributed by atoms with E-state index in [1.54, 1.807) is 0 Å². The van der Waals surface area contributed by atoms with E-state index in [0.29, 0.717) is 12.1 Å². The predicted molar refractivity (Wildman–Crippen MR) is 75.1 cm³/mol. The number of hydrogen-bond donors (Lipinski definition) is 1. The molecule has 0 saturated heterocycles. The molecule has 0 bridgehead atoms. The van der Waals surface area contributed by atoms with Crippen molar-refractivity contribution in [2.75, 3.05) is 0 Å². The molecule has 1 aromatic rings. The second-order valence-corrected chi connectivity index (χ2v) is 4.84. The van der Waals surface area contributed by atoms with Gasteiger partial charge in [-0.05, 0) is 30.0 Å². The van der Waals surface area contributed by atoms with E-state index in [4.69, 9.17) is 0 Å². The van der Waals surface area contributed by atoms with Crippen LogP contribution in [0.3, 0.4) is 0 Å². The number of fused-ring (bicyclic) bond motifs is 1. The molecule has 0 amide bonds. The summed E-state index contributed by atoms with van der Waals surface area (Å²) in [7, 11) is 0. The van der Waals surface area contributed by atoms with E-state index >= 15 is 0 Å². The first kappa shape index (κ1) is 11.3. The Bertz CT molecular complexity index is 542. The highest BCUT2D eigenvalue weighted by Crippen LogP contribution is 2.25. The summed E-state index contributed by atoms with van der Waals surface area (Å²) in [6, 6.07) is 9.49. The van der Waals surface area contributed by atoms with Crippen molar-refractivity contribution < 1.29 is 0 Å². The van der Waals surface area contributed by atoms with E-state index in [-0.39, 0.29) is 0 Å². The van der Waals surface area contributed by atoms with Crippen molar-refractivity contribution in [1.82, 2.24) is 5.32 Å². The summed E-state index contributed by atoms with van der Waals surface area (Å²) in [5, 5.41) is 3.71. The maximum atomic E-state index is 3.71. The van der Waals surface area contributed by atoms with Crippen LogP contribution in [0.15, 0.2) is 48.6 Å². The lowest BCUT2D eigenvalue weighted by atomic mass is 9.92. The largest absolute Gasteiger partial charge is 0.303 e. The summed E-state index contributed by atoms with van der Waals surface area (Å²) >= 11 is 0. The van der Waals surface area contributed by atoms with Gasteiger partial charge in [0, 0.05) is 12.5 Å². The Hall–Kier alpha value is -1.78. The first-order chi connectivity index (χ1) is 8.93. The zero-order chi connectivity index (χ0) is 12.2. The fourth-order valence-corrected chi connectivity index (χ4v) is 2.60. The molecule has 90 valence electrons. The van der Waals surface area contributed by atoms with Crippen LogP contribution in [0, 0.1) is 11.8 Å². The van der Waals surface area contributed by atoms with Gasteiger partial charge < -0.3 is 5.32 Å². The summed E-state index contributed by atoms with van der Waals surface area (Å²) in [6.45, 7) is 0. The van der Waals surface area contributed by atoms with Gasteiger partial charge in [-0.15, -0.1) is 0 Å². The van der Waals surface area contributed by atoms with E-state index in [1.165, 1.54) is 11.1 Å². The van der Waals surface area contributed by atoms with Crippen LogP contribution >= 0.6 is 0 Å². The smallest absolute Gasteiger partial charge is 0.0511 e. The standard InChI is InChI=1S/C17H17N/c1-2-4-11-15(10-3-1)18-17-13-7-9-14-8-5-6-12-16(14)17/h1,3,5-8,12-13,15,17-18H,9-11H2. The highest BCUT2D eigenvalue weighted by Gasteiger charge is 2.18. The quantitative estimate of drug-likeness (QED) is 0.613. The summed E-state index contributed by atoms with van der Waals surface area (Å²) in [6.07, 6.45) is 11.7. The number of benzene rings is 1. The highest BCUT2D eigenvalue weighted by molar-refractivity contribution is 5.37. The summed E-state index contributed by atoms with van der Waals surface area (Å²) in [4.78, 5) is 0. The summed E-state index contributed by atoms with van der Waals surface area (Å²) in [5.74, 6) is 6.23. The van der Waals surface area contributed by atoms with Gasteiger partial charge in [0.2, 0.25) is 0 Å². The average Bonchev–Trinajstić information content (AvgIpc) is 2.68. The predicted octanol–water partition coefficient (Wildman–Crippen LogP) is 3.15. The molecule has 0 heterocycles. The third-order valence-electron chi connectivity index (χ3n) is 3.54. The van der Waals surface area contributed by atoms with Crippen LogP contribution in [-0.4, -0.2) is 6.04 Å². The number of hydrogen-bond acceptors (Lipinski definition) is 1. The molecule has 0 radical (unpaired) electrons. The molecule has 1 N–H and O–H groups in total. The molecule has 2 aliphatic rings. The molecule has 3 rings (SSSR count). The van der Waals surface area contributed by atoms with Crippen LogP contribution in [0.25, 0.3) is 0 Å². The zero-order valence-electron chi connectivity index (χ0n) is 10.4. The van der Waals surface area contributed by atoms with E-state index in [9.17, 15) is 0 Å². The molecular weight excluding hydrogens is 218 g/mol. The van der Waals surface area contributed by atoms with Crippen LogP contribution < -0.4 is 5.32 Å². The lowest BCUT2D eigenvalue weighted by Gasteiger charge is -2.26. The number of allylic oxidation sites excluding steroid dienone is 2. The minimum Gasteiger partial charge on any atom is -0.303 e. The zero-order valence-corrected chi connectivity index (χ0v) is 10.4. The number of nitrogens with one attached hydrogen (secondary N) is 1. The topological polar surface area (TPSA) is 12.0 Å². The van der Waals surface area contributed by atoms with Crippen molar-refractivity contribution in [3.8, 4) is 11.8 Å². The molecular formula is C17H17N. The van der Waals surface area contributed by atoms with Crippen LogP contribution in [0.1, 0.15) is 30.0 Å². The van der Waals surface area contributed by atoms with Gasteiger partial charge in [0.05, 0.1) is 6.04 Å². The van der Waals surface area contributed by atoms with Gasteiger partial charge in [0.1, 0.15) is 0 Å². The molecule has 0 aromatic heterocycles. The average molecular weight is 235 g/mol. The van der Waals surface area contributed by atoms with Crippen LogP contribution in [0.2, 0.25) is 0 Å². The molecule has 0 saturated carbocycles. The molecule has 1 aromatic carbocycles. The Morgan fingerprint density at radius 1 is 1.17 bits per heavy atom. The van der Waals surface area contributed by atoms with Crippen molar-refractivity contribution >= 4 is 0 Å². The molecule has 2 unspecified atom stereocenters. The van der Waals surface area contributed by atoms with Crippen LogP contribution in [0.5, 0.6) is 0 Å². The first-order valence-electron chi connectivity index (χ1n) is 6.57. The van der Waals surface area contributed by atoms with Gasteiger partial charge in [-0.1, -0.05) is 54.3 Å². The molecule has 18 heavy (non-hydrogen) atoms. The van der Waals surface area contributed by atoms with Gasteiger partial charge in [0.25, 0.3) is 0 Å². The second-order valence-electron chi connectivity index (χ2n) is 4.84. The van der Waals surface area contributed by atoms with Crippen molar-refractivity contribution in [1.29, 1.82) is 0 Å². The monoisotopic (exact) mass is 235 g/mol.